The van der Waals surface area contributed by atoms with Crippen LogP contribution in [0.1, 0.15) is 6.92 Å². The highest BCUT2D eigenvalue weighted by Crippen LogP contribution is 2.16. The molecule has 1 atom stereocenters. The van der Waals surface area contributed by atoms with Gasteiger partial charge in [-0.3, -0.25) is 0 Å². The fraction of sp³-hybridized carbons (Fsp3) is 0.556. The molecule has 5 nitrogen and oxygen atoms in total. The van der Waals surface area contributed by atoms with Crippen molar-refractivity contribution in [2.24, 2.45) is 0 Å². The number of ether oxygens (including phenoxy) is 2. The van der Waals surface area contributed by atoms with Gasteiger partial charge in [0.15, 0.2) is 6.29 Å². The Bertz CT molecular complexity index is 397. The van der Waals surface area contributed by atoms with Gasteiger partial charge in [0.1, 0.15) is 4.21 Å². The number of thiophene rings is 1. The van der Waals surface area contributed by atoms with Gasteiger partial charge in [0.25, 0.3) is 0 Å². The first-order valence-electron chi connectivity index (χ1n) is 4.62. The van der Waals surface area contributed by atoms with Gasteiger partial charge in [-0.2, -0.15) is 0 Å². The Labute approximate surface area is 99.4 Å². The minimum Gasteiger partial charge on any atom is -0.354 e. The molecule has 0 bridgehead atoms. The highest BCUT2D eigenvalue weighted by Gasteiger charge is 2.23. The molecule has 16 heavy (non-hydrogen) atoms. The minimum atomic E-state index is -3.47. The Morgan fingerprint density at radius 3 is 2.44 bits per heavy atom. The molecule has 92 valence electrons. The maximum absolute atomic E-state index is 11.8. The average molecular weight is 265 g/mol. The first-order chi connectivity index (χ1) is 7.51. The van der Waals surface area contributed by atoms with Crippen molar-refractivity contribution in [3.05, 3.63) is 17.5 Å². The predicted octanol–water partition coefficient (Wildman–Crippen LogP) is 1.03. The Morgan fingerprint density at radius 1 is 1.38 bits per heavy atom. The smallest absolute Gasteiger partial charge is 0.250 e. The van der Waals surface area contributed by atoms with Crippen LogP contribution < -0.4 is 4.72 Å². The molecule has 7 heteroatoms. The van der Waals surface area contributed by atoms with Crippen molar-refractivity contribution < 1.29 is 17.9 Å². The summed E-state index contributed by atoms with van der Waals surface area (Å²) in [5, 5.41) is 1.71. The van der Waals surface area contributed by atoms with Crippen molar-refractivity contribution >= 4 is 21.4 Å². The molecule has 1 heterocycles. The molecule has 0 saturated carbocycles. The summed E-state index contributed by atoms with van der Waals surface area (Å²) in [6.07, 6.45) is -0.602. The highest BCUT2D eigenvalue weighted by atomic mass is 32.2. The Kier molecular flexibility index (Phi) is 4.88. The van der Waals surface area contributed by atoms with Crippen LogP contribution in [0.25, 0.3) is 0 Å². The van der Waals surface area contributed by atoms with Crippen LogP contribution in [0.3, 0.4) is 0 Å². The number of methoxy groups -OCH3 is 2. The van der Waals surface area contributed by atoms with Crippen LogP contribution in [0.2, 0.25) is 0 Å². The van der Waals surface area contributed by atoms with Crippen molar-refractivity contribution in [1.29, 1.82) is 0 Å². The second kappa shape index (κ2) is 5.74. The fourth-order valence-electron chi connectivity index (χ4n) is 1.28. The van der Waals surface area contributed by atoms with Crippen molar-refractivity contribution in [3.63, 3.8) is 0 Å². The Balaban J connectivity index is 2.74. The van der Waals surface area contributed by atoms with Crippen molar-refractivity contribution in [2.75, 3.05) is 14.2 Å². The maximum Gasteiger partial charge on any atom is 0.250 e. The van der Waals surface area contributed by atoms with Gasteiger partial charge in [0.2, 0.25) is 10.0 Å². The van der Waals surface area contributed by atoms with Gasteiger partial charge in [0.05, 0.1) is 6.04 Å². The van der Waals surface area contributed by atoms with E-state index in [4.69, 9.17) is 9.47 Å². The Hall–Kier alpha value is -0.470. The molecule has 0 aromatic carbocycles. The normalized spacial score (nSPS) is 14.2. The summed E-state index contributed by atoms with van der Waals surface area (Å²) in [5.41, 5.74) is 0. The third-order valence-corrected chi connectivity index (χ3v) is 4.93. The second-order valence-corrected chi connectivity index (χ2v) is 6.07. The summed E-state index contributed by atoms with van der Waals surface area (Å²) >= 11 is 1.17. The third-order valence-electron chi connectivity index (χ3n) is 1.97. The average Bonchev–Trinajstić information content (AvgIpc) is 2.71. The molecular weight excluding hydrogens is 250 g/mol. The number of sulfonamides is 1. The van der Waals surface area contributed by atoms with E-state index < -0.39 is 22.4 Å². The predicted molar refractivity (Wildman–Crippen MR) is 61.9 cm³/mol. The van der Waals surface area contributed by atoms with Gasteiger partial charge in [-0.15, -0.1) is 11.3 Å². The molecule has 0 spiro atoms. The molecule has 1 aromatic rings. The number of hydrogen-bond acceptors (Lipinski definition) is 5. The lowest BCUT2D eigenvalue weighted by Gasteiger charge is -2.21. The quantitative estimate of drug-likeness (QED) is 0.780. The van der Waals surface area contributed by atoms with E-state index >= 15 is 0 Å². The van der Waals surface area contributed by atoms with E-state index in [-0.39, 0.29) is 4.21 Å². The van der Waals surface area contributed by atoms with Gasteiger partial charge < -0.3 is 9.47 Å². The van der Waals surface area contributed by atoms with E-state index in [9.17, 15) is 8.42 Å². The number of hydrogen-bond donors (Lipinski definition) is 1. The van der Waals surface area contributed by atoms with Crippen LogP contribution in [-0.2, 0) is 19.5 Å². The fourth-order valence-corrected chi connectivity index (χ4v) is 3.52. The first kappa shape index (κ1) is 13.6. The van der Waals surface area contributed by atoms with Crippen molar-refractivity contribution in [1.82, 2.24) is 4.72 Å². The first-order valence-corrected chi connectivity index (χ1v) is 6.99. The van der Waals surface area contributed by atoms with Gasteiger partial charge in [0, 0.05) is 14.2 Å². The third kappa shape index (κ3) is 3.26. The summed E-state index contributed by atoms with van der Waals surface area (Å²) in [7, 11) is -0.548. The molecule has 1 N–H and O–H groups in total. The molecule has 0 amide bonds. The van der Waals surface area contributed by atoms with Crippen LogP contribution in [-0.4, -0.2) is 35.0 Å². The van der Waals surface area contributed by atoms with Gasteiger partial charge >= 0.3 is 0 Å². The summed E-state index contributed by atoms with van der Waals surface area (Å²) in [6.45, 7) is 1.68. The van der Waals surface area contributed by atoms with Crippen LogP contribution in [0.4, 0.5) is 0 Å². The molecular formula is C9H15NO4S2. The lowest BCUT2D eigenvalue weighted by molar-refractivity contribution is -0.115. The molecule has 1 unspecified atom stereocenters. The molecule has 0 radical (unpaired) electrons. The van der Waals surface area contributed by atoms with Crippen LogP contribution in [0, 0.1) is 0 Å². The van der Waals surface area contributed by atoms with E-state index in [0.29, 0.717) is 0 Å². The number of rotatable bonds is 6. The lowest BCUT2D eigenvalue weighted by atomic mass is 10.3. The van der Waals surface area contributed by atoms with E-state index in [1.165, 1.54) is 25.6 Å². The maximum atomic E-state index is 11.8. The Morgan fingerprint density at radius 2 is 2.00 bits per heavy atom. The zero-order valence-corrected chi connectivity index (χ0v) is 11.0. The highest BCUT2D eigenvalue weighted by molar-refractivity contribution is 7.91. The molecule has 0 aliphatic heterocycles. The second-order valence-electron chi connectivity index (χ2n) is 3.18. The molecule has 0 saturated heterocycles. The van der Waals surface area contributed by atoms with E-state index in [2.05, 4.69) is 4.72 Å². The topological polar surface area (TPSA) is 64.6 Å². The standard InChI is InChI=1S/C9H15NO4S2/c1-7(9(13-2)14-3)10-16(11,12)8-5-4-6-15-8/h4-7,9-10H,1-3H3. The number of nitrogens with one attached hydrogen (secondary N) is 1. The lowest BCUT2D eigenvalue weighted by Crippen LogP contribution is -2.42. The van der Waals surface area contributed by atoms with Crippen molar-refractivity contribution in [3.8, 4) is 0 Å². The summed E-state index contributed by atoms with van der Waals surface area (Å²) < 4.78 is 36.4. The zero-order valence-electron chi connectivity index (χ0n) is 9.34. The summed E-state index contributed by atoms with van der Waals surface area (Å²) in [5.74, 6) is 0. The minimum absolute atomic E-state index is 0.283. The molecule has 1 aromatic heterocycles. The summed E-state index contributed by atoms with van der Waals surface area (Å²) in [6, 6.07) is 2.78. The van der Waals surface area contributed by atoms with Crippen molar-refractivity contribution in [2.45, 2.75) is 23.5 Å². The van der Waals surface area contributed by atoms with Crippen LogP contribution in [0.15, 0.2) is 21.7 Å². The monoisotopic (exact) mass is 265 g/mol. The molecule has 1 rings (SSSR count). The van der Waals surface area contributed by atoms with Gasteiger partial charge in [-0.25, -0.2) is 13.1 Å². The summed E-state index contributed by atoms with van der Waals surface area (Å²) in [4.78, 5) is 0. The van der Waals surface area contributed by atoms with E-state index in [1.807, 2.05) is 0 Å². The van der Waals surface area contributed by atoms with Gasteiger partial charge in [-0.1, -0.05) is 6.07 Å². The van der Waals surface area contributed by atoms with Crippen LogP contribution in [0.5, 0.6) is 0 Å². The largest absolute Gasteiger partial charge is 0.354 e. The molecule has 0 aliphatic rings. The zero-order chi connectivity index (χ0) is 12.2. The molecule has 0 aliphatic carbocycles. The van der Waals surface area contributed by atoms with Gasteiger partial charge in [-0.05, 0) is 18.4 Å². The van der Waals surface area contributed by atoms with E-state index in [0.717, 1.165) is 0 Å². The van der Waals surface area contributed by atoms with E-state index in [1.54, 1.807) is 24.4 Å². The van der Waals surface area contributed by atoms with Crippen LogP contribution >= 0.6 is 11.3 Å². The SMILES string of the molecule is COC(OC)C(C)NS(=O)(=O)c1cccs1. The molecule has 0 fully saturated rings.